The quantitative estimate of drug-likeness (QED) is 0.0393. The van der Waals surface area contributed by atoms with Crippen LogP contribution in [-0.2, 0) is 44.7 Å². The molecule has 0 saturated heterocycles. The normalized spacial score (nSPS) is 14.4. The highest BCUT2D eigenvalue weighted by molar-refractivity contribution is 5.97. The maximum Gasteiger partial charge on any atom is 0.308 e. The molecular formula is C35H55N9O8. The zero-order chi connectivity index (χ0) is 39.3. The summed E-state index contributed by atoms with van der Waals surface area (Å²) in [7, 11) is 0. The lowest BCUT2D eigenvalue weighted by Crippen LogP contribution is -2.60. The van der Waals surface area contributed by atoms with Crippen molar-refractivity contribution in [2.75, 3.05) is 0 Å². The molecule has 2 rings (SSSR count). The molecule has 1 aromatic heterocycles. The van der Waals surface area contributed by atoms with E-state index >= 15 is 0 Å². The zero-order valence-corrected chi connectivity index (χ0v) is 31.0. The number of H-pyrrole nitrogens is 1. The van der Waals surface area contributed by atoms with Gasteiger partial charge in [0.25, 0.3) is 5.91 Å². The van der Waals surface area contributed by atoms with Crippen molar-refractivity contribution in [1.82, 2.24) is 31.7 Å². The Morgan fingerprint density at radius 2 is 1.40 bits per heavy atom. The van der Waals surface area contributed by atoms with Gasteiger partial charge in [0.2, 0.25) is 29.5 Å². The van der Waals surface area contributed by atoms with E-state index in [9.17, 15) is 33.6 Å². The van der Waals surface area contributed by atoms with Crippen LogP contribution in [-0.4, -0.2) is 82.2 Å². The fourth-order valence-electron chi connectivity index (χ4n) is 5.35. The van der Waals surface area contributed by atoms with Crippen LogP contribution in [0.1, 0.15) is 79.7 Å². The number of ether oxygens (including phenoxy) is 1. The first kappa shape index (κ1) is 43.1. The van der Waals surface area contributed by atoms with Gasteiger partial charge in [-0.25, -0.2) is 5.84 Å². The highest BCUT2D eigenvalue weighted by Crippen LogP contribution is 2.19. The predicted molar refractivity (Wildman–Crippen MR) is 193 cm³/mol. The number of carbonyl (C=O) groups excluding carboxylic acids is 7. The lowest BCUT2D eigenvalue weighted by molar-refractivity contribution is -0.156. The van der Waals surface area contributed by atoms with Crippen molar-refractivity contribution in [1.29, 1.82) is 0 Å². The van der Waals surface area contributed by atoms with Crippen LogP contribution in [0, 0.1) is 11.8 Å². The number of aromatic nitrogens is 1. The molecule has 5 atom stereocenters. The molecule has 17 heteroatoms. The number of hydrazine groups is 1. The second kappa shape index (κ2) is 19.5. The molecule has 0 spiro atoms. The van der Waals surface area contributed by atoms with Crippen molar-refractivity contribution in [3.63, 3.8) is 0 Å². The fraction of sp³-hybridized carbons (Fsp3) is 0.571. The number of nitrogens with two attached hydrogens (primary N) is 3. The number of amides is 6. The van der Waals surface area contributed by atoms with Crippen molar-refractivity contribution in [3.8, 4) is 0 Å². The van der Waals surface area contributed by atoms with Crippen molar-refractivity contribution in [2.45, 2.75) is 116 Å². The summed E-state index contributed by atoms with van der Waals surface area (Å²) in [5.74, 6) is -0.620. The van der Waals surface area contributed by atoms with Gasteiger partial charge in [0.05, 0.1) is 12.5 Å². The molecule has 288 valence electrons. The van der Waals surface area contributed by atoms with Crippen LogP contribution in [0.5, 0.6) is 0 Å². The Kier molecular flexibility index (Phi) is 16.2. The molecule has 0 unspecified atom stereocenters. The highest BCUT2D eigenvalue weighted by Gasteiger charge is 2.34. The third-order valence-electron chi connectivity index (χ3n) is 7.92. The number of carbonyl (C=O) groups is 7. The van der Waals surface area contributed by atoms with E-state index in [1.807, 2.05) is 43.5 Å². The molecule has 0 aliphatic rings. The van der Waals surface area contributed by atoms with Crippen LogP contribution in [0.15, 0.2) is 30.5 Å². The molecule has 17 nitrogen and oxygen atoms in total. The van der Waals surface area contributed by atoms with Gasteiger partial charge < -0.3 is 42.5 Å². The second-order valence-corrected chi connectivity index (χ2v) is 14.5. The summed E-state index contributed by atoms with van der Waals surface area (Å²) in [4.78, 5) is 94.1. The van der Waals surface area contributed by atoms with E-state index in [4.69, 9.17) is 22.0 Å². The Morgan fingerprint density at radius 3 is 1.98 bits per heavy atom. The number of hydrogen-bond donors (Lipinski definition) is 9. The van der Waals surface area contributed by atoms with Crippen LogP contribution in [0.3, 0.4) is 0 Å². The summed E-state index contributed by atoms with van der Waals surface area (Å²) in [6, 6.07) is 1.16. The molecule has 0 bridgehead atoms. The smallest absolute Gasteiger partial charge is 0.308 e. The van der Waals surface area contributed by atoms with Crippen molar-refractivity contribution < 1.29 is 38.3 Å². The molecule has 52 heavy (non-hydrogen) atoms. The van der Waals surface area contributed by atoms with Crippen molar-refractivity contribution >= 4 is 52.3 Å². The summed E-state index contributed by atoms with van der Waals surface area (Å²) < 4.78 is 5.38. The molecule has 12 N–H and O–H groups in total. The Balaban J connectivity index is 2.32. The largest absolute Gasteiger partial charge is 0.460 e. The average molecular weight is 730 g/mol. The number of esters is 1. The molecule has 6 amide bonds. The van der Waals surface area contributed by atoms with Gasteiger partial charge >= 0.3 is 5.97 Å². The molecule has 0 fully saturated rings. The lowest BCUT2D eigenvalue weighted by Gasteiger charge is -2.28. The van der Waals surface area contributed by atoms with Crippen molar-refractivity contribution in [2.24, 2.45) is 29.1 Å². The fourth-order valence-corrected chi connectivity index (χ4v) is 5.35. The molecule has 0 radical (unpaired) electrons. The van der Waals surface area contributed by atoms with Gasteiger partial charge in [-0.15, -0.1) is 0 Å². The summed E-state index contributed by atoms with van der Waals surface area (Å²) in [6.45, 7) is 11.9. The summed E-state index contributed by atoms with van der Waals surface area (Å²) in [5.41, 5.74) is 14.3. The second-order valence-electron chi connectivity index (χ2n) is 14.5. The third-order valence-corrected chi connectivity index (χ3v) is 7.92. The minimum Gasteiger partial charge on any atom is -0.460 e. The monoisotopic (exact) mass is 729 g/mol. The minimum atomic E-state index is -1.55. The summed E-state index contributed by atoms with van der Waals surface area (Å²) >= 11 is 0. The number of para-hydroxylation sites is 1. The van der Waals surface area contributed by atoms with Crippen LogP contribution in [0.4, 0.5) is 0 Å². The highest BCUT2D eigenvalue weighted by atomic mass is 16.6. The number of primary amides is 1. The van der Waals surface area contributed by atoms with Gasteiger partial charge in [0.1, 0.15) is 29.8 Å². The summed E-state index contributed by atoms with van der Waals surface area (Å²) in [6.07, 6.45) is 0.870. The van der Waals surface area contributed by atoms with E-state index in [1.54, 1.807) is 40.8 Å². The number of hydrogen-bond acceptors (Lipinski definition) is 10. The van der Waals surface area contributed by atoms with Gasteiger partial charge in [-0.2, -0.15) is 0 Å². The summed E-state index contributed by atoms with van der Waals surface area (Å²) in [5, 5.41) is 11.1. The lowest BCUT2D eigenvalue weighted by atomic mass is 9.99. The minimum absolute atomic E-state index is 0.0141. The van der Waals surface area contributed by atoms with E-state index in [2.05, 4.69) is 26.3 Å². The molecular weight excluding hydrogens is 674 g/mol. The standard InChI is InChI=1S/C35H55N9O8/c1-18(2)14-25(33(50)44-38)42-34(51)29(19(3)4)43-31(48)24(12-13-27(37)45)40-32(49)26(16-28(46)52-35(5,6)7)41-30(47)22(36)15-20-17-39-23-11-9-8-10-21(20)23/h8-11,17-19,22,24-26,29,39H,12-16,36,38H2,1-7H3,(H2,37,45)(H,40,49)(H,41,47)(H,42,51)(H,43,48)(H,44,50)/t22-,24+,25+,26-,29-/m1/s1. The Labute approximate surface area is 303 Å². The Morgan fingerprint density at radius 1 is 0.808 bits per heavy atom. The van der Waals surface area contributed by atoms with E-state index in [-0.39, 0.29) is 31.6 Å². The van der Waals surface area contributed by atoms with Crippen LogP contribution in [0.2, 0.25) is 0 Å². The maximum atomic E-state index is 13.8. The first-order valence-electron chi connectivity index (χ1n) is 17.2. The molecule has 2 aromatic rings. The molecule has 1 aromatic carbocycles. The Bertz CT molecular complexity index is 1580. The van der Waals surface area contributed by atoms with Gasteiger partial charge in [-0.05, 0) is 63.5 Å². The molecule has 0 aliphatic carbocycles. The predicted octanol–water partition coefficient (Wildman–Crippen LogP) is -0.334. The molecule has 0 saturated carbocycles. The van der Waals surface area contributed by atoms with Gasteiger partial charge in [0, 0.05) is 23.5 Å². The number of benzene rings is 1. The molecule has 1 heterocycles. The number of aromatic amines is 1. The van der Waals surface area contributed by atoms with Crippen molar-refractivity contribution in [3.05, 3.63) is 36.0 Å². The number of fused-ring (bicyclic) bond motifs is 1. The van der Waals surface area contributed by atoms with Gasteiger partial charge in [-0.3, -0.25) is 39.0 Å². The molecule has 0 aliphatic heterocycles. The van der Waals surface area contributed by atoms with E-state index in [0.29, 0.717) is 0 Å². The van der Waals surface area contributed by atoms with Gasteiger partial charge in [-0.1, -0.05) is 45.9 Å². The van der Waals surface area contributed by atoms with E-state index < -0.39 is 89.6 Å². The number of rotatable bonds is 19. The van der Waals surface area contributed by atoms with Gasteiger partial charge in [0.15, 0.2) is 0 Å². The Hall–Kier alpha value is -5.03. The average Bonchev–Trinajstić information content (AvgIpc) is 3.45. The van der Waals surface area contributed by atoms with E-state index in [0.717, 1.165) is 16.5 Å². The SMILES string of the molecule is CC(C)C[C@H](NC(=O)[C@H](NC(=O)[C@H](CCC(N)=O)NC(=O)[C@@H](CC(=O)OC(C)(C)C)NC(=O)[C@H](N)Cc1c[nH]c2ccccc12)C(C)C)C(=O)NN. The third kappa shape index (κ3) is 13.9. The first-order chi connectivity index (χ1) is 24.2. The van der Waals surface area contributed by atoms with Crippen LogP contribution >= 0.6 is 0 Å². The maximum absolute atomic E-state index is 13.8. The number of nitrogens with one attached hydrogen (secondary N) is 6. The van der Waals surface area contributed by atoms with Crippen LogP contribution < -0.4 is 44.0 Å². The zero-order valence-electron chi connectivity index (χ0n) is 31.0. The topological polar surface area (TPSA) is 283 Å². The van der Waals surface area contributed by atoms with Crippen LogP contribution in [0.25, 0.3) is 10.9 Å². The van der Waals surface area contributed by atoms with E-state index in [1.165, 1.54) is 0 Å². The first-order valence-corrected chi connectivity index (χ1v) is 17.2.